The third kappa shape index (κ3) is 3.29. The SMILES string of the molecule is COC1C=CC=CN1N(C)c1cc(-c2ccc[nH]c2=O)nc2c(C)nn(C(C)C)c12. The summed E-state index contributed by atoms with van der Waals surface area (Å²) in [7, 11) is 3.64. The fourth-order valence-corrected chi connectivity index (χ4v) is 3.70. The largest absolute Gasteiger partial charge is 0.356 e. The molecule has 156 valence electrons. The summed E-state index contributed by atoms with van der Waals surface area (Å²) in [5, 5.41) is 8.73. The molecule has 0 radical (unpaired) electrons. The predicted octanol–water partition coefficient (Wildman–Crippen LogP) is 3.39. The molecular weight excluding hydrogens is 380 g/mol. The van der Waals surface area contributed by atoms with Gasteiger partial charge in [0.05, 0.1) is 22.6 Å². The smallest absolute Gasteiger partial charge is 0.257 e. The molecule has 4 rings (SSSR count). The predicted molar refractivity (Wildman–Crippen MR) is 118 cm³/mol. The van der Waals surface area contributed by atoms with E-state index in [0.717, 1.165) is 22.4 Å². The molecule has 3 aromatic heterocycles. The topological polar surface area (TPSA) is 79.3 Å². The highest BCUT2D eigenvalue weighted by atomic mass is 16.5. The van der Waals surface area contributed by atoms with Crippen LogP contribution in [0.15, 0.2) is 53.6 Å². The molecule has 1 aliphatic rings. The number of aromatic nitrogens is 4. The molecule has 0 aromatic carbocycles. The normalized spacial score (nSPS) is 16.1. The number of nitrogens with one attached hydrogen (secondary N) is 1. The first-order valence-corrected chi connectivity index (χ1v) is 9.90. The Hall–Kier alpha value is -3.39. The molecule has 0 fully saturated rings. The van der Waals surface area contributed by atoms with Crippen LogP contribution < -0.4 is 10.6 Å². The van der Waals surface area contributed by atoms with Gasteiger partial charge in [0, 0.05) is 32.6 Å². The summed E-state index contributed by atoms with van der Waals surface area (Å²) in [6.45, 7) is 6.12. The van der Waals surface area contributed by atoms with Gasteiger partial charge < -0.3 is 9.72 Å². The zero-order chi connectivity index (χ0) is 21.4. The maximum atomic E-state index is 12.5. The Kier molecular flexibility index (Phi) is 5.17. The van der Waals surface area contributed by atoms with Crippen LogP contribution >= 0.6 is 0 Å². The summed E-state index contributed by atoms with van der Waals surface area (Å²) in [6, 6.07) is 5.66. The molecule has 8 heteroatoms. The van der Waals surface area contributed by atoms with Crippen LogP contribution in [0.1, 0.15) is 25.6 Å². The molecule has 0 bridgehead atoms. The van der Waals surface area contributed by atoms with E-state index in [1.54, 1.807) is 25.4 Å². The van der Waals surface area contributed by atoms with E-state index in [4.69, 9.17) is 14.8 Å². The number of fused-ring (bicyclic) bond motifs is 1. The van der Waals surface area contributed by atoms with Gasteiger partial charge in [0.1, 0.15) is 11.0 Å². The van der Waals surface area contributed by atoms with Crippen molar-refractivity contribution in [2.75, 3.05) is 19.2 Å². The number of allylic oxidation sites excluding steroid dienone is 2. The van der Waals surface area contributed by atoms with Crippen LogP contribution in [0.25, 0.3) is 22.3 Å². The maximum absolute atomic E-state index is 12.5. The number of ether oxygens (including phenoxy) is 1. The fourth-order valence-electron chi connectivity index (χ4n) is 3.70. The molecule has 1 atom stereocenters. The van der Waals surface area contributed by atoms with E-state index in [-0.39, 0.29) is 17.8 Å². The summed E-state index contributed by atoms with van der Waals surface area (Å²) in [5.74, 6) is 0. The molecule has 0 saturated carbocycles. The third-order valence-corrected chi connectivity index (χ3v) is 5.21. The second kappa shape index (κ2) is 7.79. The molecule has 4 heterocycles. The average Bonchev–Trinajstić information content (AvgIpc) is 3.10. The van der Waals surface area contributed by atoms with Gasteiger partial charge in [-0.2, -0.15) is 5.10 Å². The third-order valence-electron chi connectivity index (χ3n) is 5.21. The molecule has 3 aromatic rings. The lowest BCUT2D eigenvalue weighted by molar-refractivity contribution is 0.0266. The first-order chi connectivity index (χ1) is 14.4. The number of hydrazine groups is 1. The fraction of sp³-hybridized carbons (Fsp3) is 0.318. The molecule has 1 N–H and O–H groups in total. The molecular formula is C22H26N6O2. The lowest BCUT2D eigenvalue weighted by Gasteiger charge is -2.38. The Bertz CT molecular complexity index is 1190. The summed E-state index contributed by atoms with van der Waals surface area (Å²) in [4.78, 5) is 20.0. The van der Waals surface area contributed by atoms with Crippen molar-refractivity contribution < 1.29 is 4.74 Å². The number of hydrogen-bond donors (Lipinski definition) is 1. The van der Waals surface area contributed by atoms with Crippen LogP contribution in [0.3, 0.4) is 0 Å². The van der Waals surface area contributed by atoms with Crippen molar-refractivity contribution in [3.05, 3.63) is 64.9 Å². The maximum Gasteiger partial charge on any atom is 0.257 e. The number of H-pyrrole nitrogens is 1. The van der Waals surface area contributed by atoms with E-state index < -0.39 is 0 Å². The van der Waals surface area contributed by atoms with Gasteiger partial charge in [-0.15, -0.1) is 0 Å². The van der Waals surface area contributed by atoms with E-state index in [9.17, 15) is 4.79 Å². The van der Waals surface area contributed by atoms with E-state index >= 15 is 0 Å². The van der Waals surface area contributed by atoms with Crippen molar-refractivity contribution in [1.82, 2.24) is 24.8 Å². The van der Waals surface area contributed by atoms with Gasteiger partial charge in [-0.1, -0.05) is 6.08 Å². The van der Waals surface area contributed by atoms with Gasteiger partial charge in [-0.05, 0) is 51.1 Å². The Balaban J connectivity index is 1.98. The molecule has 30 heavy (non-hydrogen) atoms. The number of aryl methyl sites for hydroxylation is 1. The van der Waals surface area contributed by atoms with Gasteiger partial charge in [0.25, 0.3) is 5.56 Å². The van der Waals surface area contributed by atoms with Gasteiger partial charge >= 0.3 is 0 Å². The summed E-state index contributed by atoms with van der Waals surface area (Å²) in [5.41, 5.74) is 4.33. The second-order valence-electron chi connectivity index (χ2n) is 7.52. The van der Waals surface area contributed by atoms with Gasteiger partial charge in [-0.3, -0.25) is 19.5 Å². The van der Waals surface area contributed by atoms with Crippen LogP contribution in [0.4, 0.5) is 5.69 Å². The van der Waals surface area contributed by atoms with Crippen molar-refractivity contribution in [1.29, 1.82) is 0 Å². The quantitative estimate of drug-likeness (QED) is 0.700. The lowest BCUT2D eigenvalue weighted by Crippen LogP contribution is -2.44. The van der Waals surface area contributed by atoms with Crippen LogP contribution in [-0.4, -0.2) is 45.1 Å². The van der Waals surface area contributed by atoms with E-state index in [1.807, 2.05) is 59.2 Å². The monoisotopic (exact) mass is 406 g/mol. The van der Waals surface area contributed by atoms with Crippen molar-refractivity contribution in [2.45, 2.75) is 33.0 Å². The van der Waals surface area contributed by atoms with Crippen molar-refractivity contribution in [2.24, 2.45) is 0 Å². The van der Waals surface area contributed by atoms with E-state index in [0.29, 0.717) is 11.3 Å². The number of methoxy groups -OCH3 is 1. The first-order valence-electron chi connectivity index (χ1n) is 9.90. The minimum atomic E-state index is -0.247. The number of nitrogens with zero attached hydrogens (tertiary/aromatic N) is 5. The summed E-state index contributed by atoms with van der Waals surface area (Å²) in [6.07, 6.45) is 9.22. The second-order valence-corrected chi connectivity index (χ2v) is 7.52. The molecule has 1 aliphatic heterocycles. The van der Waals surface area contributed by atoms with Crippen molar-refractivity contribution in [3.8, 4) is 11.3 Å². The Morgan fingerprint density at radius 3 is 2.80 bits per heavy atom. The van der Waals surface area contributed by atoms with Crippen LogP contribution in [-0.2, 0) is 4.74 Å². The highest BCUT2D eigenvalue weighted by Crippen LogP contribution is 2.34. The van der Waals surface area contributed by atoms with Crippen LogP contribution in [0.2, 0.25) is 0 Å². The number of rotatable bonds is 5. The van der Waals surface area contributed by atoms with Gasteiger partial charge in [0.15, 0.2) is 6.23 Å². The van der Waals surface area contributed by atoms with Crippen molar-refractivity contribution >= 4 is 16.7 Å². The highest BCUT2D eigenvalue weighted by Gasteiger charge is 2.25. The molecule has 1 unspecified atom stereocenters. The number of anilines is 1. The van der Waals surface area contributed by atoms with Crippen LogP contribution in [0, 0.1) is 6.92 Å². The average molecular weight is 406 g/mol. The minimum Gasteiger partial charge on any atom is -0.356 e. The minimum absolute atomic E-state index is 0.149. The van der Waals surface area contributed by atoms with Crippen LogP contribution in [0.5, 0.6) is 0 Å². The highest BCUT2D eigenvalue weighted by molar-refractivity contribution is 5.93. The standard InChI is InChI=1S/C22H26N6O2/c1-14(2)28-21-18(26(4)27-12-7-6-10-19(27)30-5)13-17(24-20(21)15(3)25-28)16-9-8-11-23-22(16)29/h6-14,19H,1-5H3,(H,23,29). The molecule has 0 spiro atoms. The Labute approximate surface area is 175 Å². The van der Waals surface area contributed by atoms with Gasteiger partial charge in [-0.25, -0.2) is 4.98 Å². The molecule has 0 aliphatic carbocycles. The molecule has 0 saturated heterocycles. The van der Waals surface area contributed by atoms with Crippen molar-refractivity contribution in [3.63, 3.8) is 0 Å². The number of hydrogen-bond acceptors (Lipinski definition) is 6. The summed E-state index contributed by atoms with van der Waals surface area (Å²) < 4.78 is 7.61. The first kappa shape index (κ1) is 19.9. The van der Waals surface area contributed by atoms with E-state index in [1.165, 1.54) is 0 Å². The Morgan fingerprint density at radius 2 is 2.10 bits per heavy atom. The lowest BCUT2D eigenvalue weighted by atomic mass is 10.1. The zero-order valence-electron chi connectivity index (χ0n) is 17.8. The molecule has 8 nitrogen and oxygen atoms in total. The van der Waals surface area contributed by atoms with E-state index in [2.05, 4.69) is 18.8 Å². The Morgan fingerprint density at radius 1 is 1.30 bits per heavy atom. The number of pyridine rings is 2. The van der Waals surface area contributed by atoms with Gasteiger partial charge in [0.2, 0.25) is 0 Å². The zero-order valence-corrected chi connectivity index (χ0v) is 17.8. The summed E-state index contributed by atoms with van der Waals surface area (Å²) >= 11 is 0. The number of aromatic amines is 1. The molecule has 0 amide bonds.